The van der Waals surface area contributed by atoms with E-state index in [2.05, 4.69) is 94.4 Å². The summed E-state index contributed by atoms with van der Waals surface area (Å²) in [6.07, 6.45) is 32.6. The van der Waals surface area contributed by atoms with Crippen molar-refractivity contribution in [1.82, 2.24) is 0 Å². The van der Waals surface area contributed by atoms with E-state index in [0.29, 0.717) is 35.9 Å². The van der Waals surface area contributed by atoms with Crippen LogP contribution in [0.2, 0.25) is 0 Å². The molecule has 3 heteroatoms. The van der Waals surface area contributed by atoms with Crippen molar-refractivity contribution >= 4 is 11.8 Å². The number of carbonyl (C=O) groups is 2. The van der Waals surface area contributed by atoms with Crippen molar-refractivity contribution < 1.29 is 14.3 Å². The topological polar surface area (TPSA) is 43.4 Å². The van der Waals surface area contributed by atoms with Crippen LogP contribution in [-0.4, -0.2) is 17.9 Å². The van der Waals surface area contributed by atoms with E-state index < -0.39 is 0 Å². The number of rotatable bonds is 20. The van der Waals surface area contributed by atoms with Crippen molar-refractivity contribution in [1.29, 1.82) is 0 Å². The van der Waals surface area contributed by atoms with Crippen LogP contribution in [0.1, 0.15) is 217 Å². The van der Waals surface area contributed by atoms with Crippen molar-refractivity contribution in [3.8, 4) is 0 Å². The molecule has 4 rings (SSSR count). The van der Waals surface area contributed by atoms with Crippen LogP contribution in [0.25, 0.3) is 0 Å². The highest BCUT2D eigenvalue weighted by molar-refractivity contribution is 5.94. The smallest absolute Gasteiger partial charge is 0.306 e. The van der Waals surface area contributed by atoms with Gasteiger partial charge in [0.05, 0.1) is 0 Å². The summed E-state index contributed by atoms with van der Waals surface area (Å²) in [6.45, 7) is 26.4. The summed E-state index contributed by atoms with van der Waals surface area (Å²) < 4.78 is 6.62. The van der Waals surface area contributed by atoms with Crippen LogP contribution in [-0.2, 0) is 14.3 Å². The largest absolute Gasteiger partial charge is 0.462 e. The molecule has 0 amide bonds. The Labute approximate surface area is 329 Å². The van der Waals surface area contributed by atoms with Gasteiger partial charge in [-0.15, -0.1) is 0 Å². The van der Waals surface area contributed by atoms with E-state index in [1.54, 1.807) is 0 Å². The fraction of sp³-hybridized carbons (Fsp3) is 0.880. The van der Waals surface area contributed by atoms with Crippen LogP contribution in [0.15, 0.2) is 23.8 Å². The highest BCUT2D eigenvalue weighted by Crippen LogP contribution is 2.73. The van der Waals surface area contributed by atoms with Gasteiger partial charge in [0, 0.05) is 17.8 Å². The van der Waals surface area contributed by atoms with Gasteiger partial charge in [-0.25, -0.2) is 0 Å². The highest BCUT2D eigenvalue weighted by Gasteiger charge is 2.67. The van der Waals surface area contributed by atoms with Crippen molar-refractivity contribution in [3.05, 3.63) is 23.8 Å². The maximum Gasteiger partial charge on any atom is 0.306 e. The van der Waals surface area contributed by atoms with E-state index in [1.165, 1.54) is 95.5 Å². The first-order valence-corrected chi connectivity index (χ1v) is 23.0. The molecular weight excluding hydrogens is 649 g/mol. The third kappa shape index (κ3) is 10.3. The Kier molecular flexibility index (Phi) is 15.7. The predicted molar refractivity (Wildman–Crippen MR) is 226 cm³/mol. The highest BCUT2D eigenvalue weighted by atomic mass is 16.5. The summed E-state index contributed by atoms with van der Waals surface area (Å²) in [7, 11) is 0. The summed E-state index contributed by atoms with van der Waals surface area (Å²) >= 11 is 0. The summed E-state index contributed by atoms with van der Waals surface area (Å²) in [6, 6.07) is 0. The lowest BCUT2D eigenvalue weighted by Crippen LogP contribution is -2.57. The Bertz CT molecular complexity index is 1250. The fourth-order valence-corrected chi connectivity index (χ4v) is 12.4. The number of hydrogen-bond donors (Lipinski definition) is 0. The Morgan fingerprint density at radius 3 is 2.06 bits per heavy atom. The quantitative estimate of drug-likeness (QED) is 0.0710. The van der Waals surface area contributed by atoms with Crippen molar-refractivity contribution in [2.24, 2.45) is 56.7 Å². The zero-order valence-electron chi connectivity index (χ0n) is 37.0. The number of hydrogen-bond acceptors (Lipinski definition) is 3. The monoisotopic (exact) mass is 735 g/mol. The van der Waals surface area contributed by atoms with Crippen molar-refractivity contribution in [2.45, 2.75) is 224 Å². The molecule has 4 aliphatic rings. The minimum atomic E-state index is -0.150. The second-order valence-electron chi connectivity index (χ2n) is 21.6. The van der Waals surface area contributed by atoms with Crippen LogP contribution in [0, 0.1) is 56.7 Å². The lowest BCUT2D eigenvalue weighted by molar-refractivity contribution is -0.164. The normalized spacial score (nSPS) is 33.7. The van der Waals surface area contributed by atoms with E-state index >= 15 is 0 Å². The molecule has 0 aliphatic heterocycles. The zero-order valence-corrected chi connectivity index (χ0v) is 37.0. The van der Waals surface area contributed by atoms with Gasteiger partial charge in [-0.05, 0) is 135 Å². The van der Waals surface area contributed by atoms with Gasteiger partial charge in [-0.2, -0.15) is 0 Å². The molecule has 3 fully saturated rings. The number of carbonyl (C=O) groups excluding carboxylic acids is 2. The zero-order chi connectivity index (χ0) is 39.1. The van der Waals surface area contributed by atoms with Gasteiger partial charge in [0.15, 0.2) is 5.78 Å². The van der Waals surface area contributed by atoms with E-state index in [-0.39, 0.29) is 45.1 Å². The number of esters is 1. The summed E-state index contributed by atoms with van der Waals surface area (Å²) in [5.74, 6) is 2.85. The molecule has 0 aromatic heterocycles. The van der Waals surface area contributed by atoms with Crippen LogP contribution < -0.4 is 0 Å². The lowest BCUT2D eigenvalue weighted by atomic mass is 9.42. The molecule has 0 saturated heterocycles. The Balaban J connectivity index is 1.33. The maximum absolute atomic E-state index is 14.0. The van der Waals surface area contributed by atoms with Gasteiger partial charge in [-0.1, -0.05) is 145 Å². The first kappa shape index (κ1) is 44.3. The first-order valence-electron chi connectivity index (χ1n) is 23.0. The average molecular weight is 735 g/mol. The second kappa shape index (κ2) is 18.7. The Morgan fingerprint density at radius 2 is 1.43 bits per heavy atom. The van der Waals surface area contributed by atoms with Gasteiger partial charge < -0.3 is 4.74 Å². The molecule has 9 atom stereocenters. The molecular formula is C50H86O3. The standard InChI is InChI=1S/C50H86O3/c1-12-13-14-15-16-17-18-19-20-21-22-23-24-25-26-27-45(52)53-44(30-31-46(4,5)6)47(7,8)43-29-33-49(10)40-35-42(51)41-34-37(2)38(3)36-48(41,9)39(40)28-32-50(43,49)11/h19-20,35,37-39,41,43-44H,12-18,21-34,36H2,1-11H3/b20-19-/t37-,38+,39?,41+,43-,44-,48-,49+,50-/m1/s1. The van der Waals surface area contributed by atoms with E-state index in [0.717, 1.165) is 44.9 Å². The van der Waals surface area contributed by atoms with E-state index in [4.69, 9.17) is 4.74 Å². The van der Waals surface area contributed by atoms with Crippen LogP contribution in [0.5, 0.6) is 0 Å². The molecule has 53 heavy (non-hydrogen) atoms. The van der Waals surface area contributed by atoms with E-state index in [9.17, 15) is 9.59 Å². The maximum atomic E-state index is 14.0. The predicted octanol–water partition coefficient (Wildman–Crippen LogP) is 14.8. The van der Waals surface area contributed by atoms with E-state index in [1.807, 2.05) is 0 Å². The van der Waals surface area contributed by atoms with Crippen LogP contribution >= 0.6 is 0 Å². The molecule has 0 spiro atoms. The van der Waals surface area contributed by atoms with Crippen LogP contribution in [0.3, 0.4) is 0 Å². The number of unbranched alkanes of at least 4 members (excludes halogenated alkanes) is 11. The minimum Gasteiger partial charge on any atom is -0.462 e. The van der Waals surface area contributed by atoms with Crippen LogP contribution in [0.4, 0.5) is 0 Å². The molecule has 0 aromatic carbocycles. The molecule has 304 valence electrons. The Hall–Kier alpha value is -1.38. The van der Waals surface area contributed by atoms with Crippen molar-refractivity contribution in [2.75, 3.05) is 0 Å². The lowest BCUT2D eigenvalue weighted by Gasteiger charge is -2.62. The van der Waals surface area contributed by atoms with Gasteiger partial charge >= 0.3 is 5.97 Å². The van der Waals surface area contributed by atoms with Crippen molar-refractivity contribution in [3.63, 3.8) is 0 Å². The molecule has 0 radical (unpaired) electrons. The second-order valence-corrected chi connectivity index (χ2v) is 21.6. The third-order valence-electron chi connectivity index (χ3n) is 16.3. The molecule has 3 saturated carbocycles. The molecule has 0 N–H and O–H groups in total. The number of fused-ring (bicyclic) bond motifs is 5. The fourth-order valence-electron chi connectivity index (χ4n) is 12.4. The number of ketones is 1. The molecule has 0 bridgehead atoms. The van der Waals surface area contributed by atoms with Gasteiger partial charge in [0.2, 0.25) is 0 Å². The summed E-state index contributed by atoms with van der Waals surface area (Å²) in [5.41, 5.74) is 1.69. The molecule has 0 heterocycles. The summed E-state index contributed by atoms with van der Waals surface area (Å²) in [5, 5.41) is 0. The first-order chi connectivity index (χ1) is 24.9. The third-order valence-corrected chi connectivity index (χ3v) is 16.3. The number of allylic oxidation sites excluding steroid dienone is 4. The van der Waals surface area contributed by atoms with Gasteiger partial charge in [0.1, 0.15) is 6.10 Å². The van der Waals surface area contributed by atoms with Gasteiger partial charge in [0.25, 0.3) is 0 Å². The average Bonchev–Trinajstić information content (AvgIpc) is 3.37. The SMILES string of the molecule is CCCCCCCC/C=C\CCCCCCCC(=O)O[C@H](CCC(C)(C)C)C(C)(C)[C@H]1CC[C@@]2(C)C3=CC(=O)[C@@H]4C[C@@H](C)[C@@H](C)C[C@]4(C)C3CC[C@]12C. The molecule has 3 nitrogen and oxygen atoms in total. The number of ether oxygens (including phenoxy) is 1. The minimum absolute atomic E-state index is 0.00410. The molecule has 1 unspecified atom stereocenters. The molecule has 4 aliphatic carbocycles. The van der Waals surface area contributed by atoms with Gasteiger partial charge in [-0.3, -0.25) is 9.59 Å². The Morgan fingerprint density at radius 1 is 0.830 bits per heavy atom. The molecule has 0 aromatic rings. The summed E-state index contributed by atoms with van der Waals surface area (Å²) in [4.78, 5) is 27.5.